The van der Waals surface area contributed by atoms with E-state index in [2.05, 4.69) is 39.5 Å². The second-order valence-electron chi connectivity index (χ2n) is 8.77. The molecule has 2 atom stereocenters. The van der Waals surface area contributed by atoms with Crippen LogP contribution in [0.4, 0.5) is 4.79 Å². The standard InChI is InChI=1S/C26H31N3O4/c1-33-27-25(30)11-10-19-6-5-7-20(16-19)18-28-14-12-22(13-15-28)29(26(31)32)24-17-23(24)21-8-3-2-4-9-21/h2-11,16,22-24H,12-15,17-18H2,1H3,(H,27,30)(H,31,32)/t23-,24+/m0/s1. The summed E-state index contributed by atoms with van der Waals surface area (Å²) in [5, 5.41) is 9.93. The van der Waals surface area contributed by atoms with Gasteiger partial charge in [0.05, 0.1) is 7.11 Å². The largest absolute Gasteiger partial charge is 0.465 e. The molecule has 2 fully saturated rings. The first kappa shape index (κ1) is 23.0. The van der Waals surface area contributed by atoms with Crippen LogP contribution in [0.5, 0.6) is 0 Å². The Bertz CT molecular complexity index is 986. The van der Waals surface area contributed by atoms with E-state index in [9.17, 15) is 14.7 Å². The van der Waals surface area contributed by atoms with Crippen molar-refractivity contribution in [2.45, 2.75) is 43.8 Å². The molecule has 0 aromatic heterocycles. The third-order valence-corrected chi connectivity index (χ3v) is 6.50. The van der Waals surface area contributed by atoms with Crippen molar-refractivity contribution in [1.29, 1.82) is 0 Å². The molecule has 174 valence electrons. The molecule has 1 saturated carbocycles. The monoisotopic (exact) mass is 449 g/mol. The fourth-order valence-corrected chi connectivity index (χ4v) is 4.83. The summed E-state index contributed by atoms with van der Waals surface area (Å²) in [5.41, 5.74) is 5.62. The Balaban J connectivity index is 1.31. The van der Waals surface area contributed by atoms with Gasteiger partial charge < -0.3 is 10.0 Å². The molecule has 7 nitrogen and oxygen atoms in total. The predicted molar refractivity (Wildman–Crippen MR) is 126 cm³/mol. The average molecular weight is 450 g/mol. The van der Waals surface area contributed by atoms with E-state index >= 15 is 0 Å². The zero-order chi connectivity index (χ0) is 23.2. The van der Waals surface area contributed by atoms with Gasteiger partial charge in [0.2, 0.25) is 0 Å². The number of piperidine rings is 1. The molecule has 2 aromatic carbocycles. The SMILES string of the molecule is CONC(=O)C=Cc1cccc(CN2CCC(N(C(=O)O)[C@@H]3C[C@H]3c3ccccc3)CC2)c1. The van der Waals surface area contributed by atoms with E-state index in [0.717, 1.165) is 44.5 Å². The van der Waals surface area contributed by atoms with Crippen LogP contribution in [0.3, 0.4) is 0 Å². The van der Waals surface area contributed by atoms with E-state index in [1.807, 2.05) is 30.3 Å². The summed E-state index contributed by atoms with van der Waals surface area (Å²) in [6.45, 7) is 2.54. The summed E-state index contributed by atoms with van der Waals surface area (Å²) in [6, 6.07) is 18.5. The number of nitrogens with one attached hydrogen (secondary N) is 1. The van der Waals surface area contributed by atoms with Gasteiger partial charge in [0.15, 0.2) is 0 Å². The molecule has 33 heavy (non-hydrogen) atoms. The fourth-order valence-electron chi connectivity index (χ4n) is 4.83. The number of carbonyl (C=O) groups excluding carboxylic acids is 1. The number of nitrogens with zero attached hydrogens (tertiary/aromatic N) is 2. The Morgan fingerprint density at radius 3 is 2.61 bits per heavy atom. The van der Waals surface area contributed by atoms with E-state index in [1.165, 1.54) is 24.3 Å². The second kappa shape index (κ2) is 10.6. The summed E-state index contributed by atoms with van der Waals surface area (Å²) in [7, 11) is 1.40. The Morgan fingerprint density at radius 1 is 1.15 bits per heavy atom. The van der Waals surface area contributed by atoms with Gasteiger partial charge in [-0.1, -0.05) is 54.6 Å². The van der Waals surface area contributed by atoms with Crippen molar-refractivity contribution in [2.75, 3.05) is 20.2 Å². The minimum Gasteiger partial charge on any atom is -0.465 e. The highest BCUT2D eigenvalue weighted by molar-refractivity contribution is 5.90. The summed E-state index contributed by atoms with van der Waals surface area (Å²) in [4.78, 5) is 32.3. The average Bonchev–Trinajstić information content (AvgIpc) is 3.60. The molecular weight excluding hydrogens is 418 g/mol. The summed E-state index contributed by atoms with van der Waals surface area (Å²) < 4.78 is 0. The first-order valence-corrected chi connectivity index (χ1v) is 11.4. The molecular formula is C26H31N3O4. The van der Waals surface area contributed by atoms with Gasteiger partial charge in [0.25, 0.3) is 5.91 Å². The van der Waals surface area contributed by atoms with Crippen molar-refractivity contribution in [1.82, 2.24) is 15.3 Å². The van der Waals surface area contributed by atoms with E-state index in [4.69, 9.17) is 0 Å². The van der Waals surface area contributed by atoms with E-state index < -0.39 is 6.09 Å². The summed E-state index contributed by atoms with van der Waals surface area (Å²) in [5.74, 6) is 0.0141. The third-order valence-electron chi connectivity index (χ3n) is 6.50. The first-order valence-electron chi connectivity index (χ1n) is 11.4. The van der Waals surface area contributed by atoms with Crippen LogP contribution in [0.1, 0.15) is 41.9 Å². The zero-order valence-electron chi connectivity index (χ0n) is 18.9. The quantitative estimate of drug-likeness (QED) is 0.472. The Hall–Kier alpha value is -3.16. The van der Waals surface area contributed by atoms with Crippen molar-refractivity contribution in [3.63, 3.8) is 0 Å². The number of hydrogen-bond acceptors (Lipinski definition) is 4. The molecule has 1 aliphatic heterocycles. The molecule has 2 aliphatic rings. The van der Waals surface area contributed by atoms with Gasteiger partial charge in [-0.3, -0.25) is 14.5 Å². The van der Waals surface area contributed by atoms with Crippen molar-refractivity contribution in [3.8, 4) is 0 Å². The van der Waals surface area contributed by atoms with Crippen LogP contribution in [-0.4, -0.2) is 59.2 Å². The highest BCUT2D eigenvalue weighted by Crippen LogP contribution is 2.46. The van der Waals surface area contributed by atoms with E-state index in [-0.39, 0.29) is 18.0 Å². The normalized spacial score (nSPS) is 21.1. The van der Waals surface area contributed by atoms with Crippen LogP contribution in [0.2, 0.25) is 0 Å². The number of hydrogen-bond donors (Lipinski definition) is 2. The summed E-state index contributed by atoms with van der Waals surface area (Å²) in [6.07, 6.45) is 5.01. The number of amides is 2. The molecule has 1 aliphatic carbocycles. The maximum atomic E-state index is 12.1. The maximum absolute atomic E-state index is 12.1. The predicted octanol–water partition coefficient (Wildman–Crippen LogP) is 3.88. The van der Waals surface area contributed by atoms with Gasteiger partial charge in [-0.25, -0.2) is 10.3 Å². The van der Waals surface area contributed by atoms with E-state index in [0.29, 0.717) is 5.92 Å². The lowest BCUT2D eigenvalue weighted by Gasteiger charge is -2.37. The number of hydroxylamine groups is 1. The second-order valence-corrected chi connectivity index (χ2v) is 8.77. The van der Waals surface area contributed by atoms with Crippen LogP contribution in [-0.2, 0) is 16.2 Å². The van der Waals surface area contributed by atoms with Crippen molar-refractivity contribution < 1.29 is 19.5 Å². The zero-order valence-corrected chi connectivity index (χ0v) is 18.9. The number of likely N-dealkylation sites (tertiary alicyclic amines) is 1. The number of carboxylic acid groups (broad SMARTS) is 1. The topological polar surface area (TPSA) is 82.1 Å². The molecule has 0 unspecified atom stereocenters. The maximum Gasteiger partial charge on any atom is 0.407 e. The molecule has 2 aromatic rings. The van der Waals surface area contributed by atoms with Gasteiger partial charge >= 0.3 is 6.09 Å². The van der Waals surface area contributed by atoms with Gasteiger partial charge in [-0.05, 0) is 42.0 Å². The van der Waals surface area contributed by atoms with Crippen LogP contribution >= 0.6 is 0 Å². The number of benzene rings is 2. The van der Waals surface area contributed by atoms with Gasteiger partial charge in [0.1, 0.15) is 0 Å². The molecule has 2 N–H and O–H groups in total. The van der Waals surface area contributed by atoms with Gasteiger partial charge in [-0.15, -0.1) is 0 Å². The molecule has 0 radical (unpaired) electrons. The Morgan fingerprint density at radius 2 is 1.91 bits per heavy atom. The summed E-state index contributed by atoms with van der Waals surface area (Å²) >= 11 is 0. The lowest BCUT2D eigenvalue weighted by Crippen LogP contribution is -2.48. The fraction of sp³-hybridized carbons (Fsp3) is 0.385. The highest BCUT2D eigenvalue weighted by atomic mass is 16.6. The lowest BCUT2D eigenvalue weighted by molar-refractivity contribution is -0.126. The van der Waals surface area contributed by atoms with Gasteiger partial charge in [-0.2, -0.15) is 0 Å². The first-order chi connectivity index (χ1) is 16.0. The van der Waals surface area contributed by atoms with Crippen LogP contribution in [0.25, 0.3) is 6.08 Å². The Labute approximate surface area is 194 Å². The van der Waals surface area contributed by atoms with Gasteiger partial charge in [0, 0.05) is 43.7 Å². The van der Waals surface area contributed by atoms with Crippen molar-refractivity contribution in [3.05, 3.63) is 77.4 Å². The number of carbonyl (C=O) groups is 2. The van der Waals surface area contributed by atoms with Crippen LogP contribution < -0.4 is 5.48 Å². The molecule has 2 amide bonds. The molecule has 1 saturated heterocycles. The molecule has 4 rings (SSSR count). The molecule has 0 spiro atoms. The highest BCUT2D eigenvalue weighted by Gasteiger charge is 2.47. The minimum atomic E-state index is -0.797. The number of rotatable bonds is 8. The Kier molecular flexibility index (Phi) is 7.42. The molecule has 1 heterocycles. The minimum absolute atomic E-state index is 0.0750. The van der Waals surface area contributed by atoms with Crippen molar-refractivity contribution >= 4 is 18.1 Å². The van der Waals surface area contributed by atoms with E-state index in [1.54, 1.807) is 11.0 Å². The smallest absolute Gasteiger partial charge is 0.407 e. The van der Waals surface area contributed by atoms with Crippen LogP contribution in [0, 0.1) is 0 Å². The third kappa shape index (κ3) is 6.00. The lowest BCUT2D eigenvalue weighted by atomic mass is 10.0. The van der Waals surface area contributed by atoms with Crippen LogP contribution in [0.15, 0.2) is 60.7 Å². The molecule has 7 heteroatoms. The van der Waals surface area contributed by atoms with Crippen molar-refractivity contribution in [2.24, 2.45) is 0 Å². The molecule has 0 bridgehead atoms.